The number of hydrogen-bond donors (Lipinski definition) is 2. The topological polar surface area (TPSA) is 92.4 Å². The number of aromatic nitrogens is 1. The van der Waals surface area contributed by atoms with Crippen molar-refractivity contribution in [3.63, 3.8) is 0 Å². The normalized spacial score (nSPS) is 12.6. The van der Waals surface area contributed by atoms with Crippen LogP contribution in [0.15, 0.2) is 16.7 Å². The number of amides is 1. The van der Waals surface area contributed by atoms with E-state index in [1.807, 2.05) is 39.8 Å². The summed E-state index contributed by atoms with van der Waals surface area (Å²) in [6.07, 6.45) is 0.385. The molecule has 0 aliphatic carbocycles. The molecule has 6 nitrogen and oxygen atoms in total. The number of rotatable bonds is 6. The van der Waals surface area contributed by atoms with Gasteiger partial charge in [0.05, 0.1) is 6.42 Å². The molecule has 0 saturated carbocycles. The van der Waals surface area contributed by atoms with Crippen LogP contribution in [-0.4, -0.2) is 28.2 Å². The molecule has 0 radical (unpaired) electrons. The van der Waals surface area contributed by atoms with E-state index < -0.39 is 12.0 Å². The zero-order valence-corrected chi connectivity index (χ0v) is 13.8. The first-order chi connectivity index (χ1) is 10.8. The molecule has 23 heavy (non-hydrogen) atoms. The number of carboxylic acids is 1. The van der Waals surface area contributed by atoms with Gasteiger partial charge in [0, 0.05) is 5.39 Å². The zero-order valence-electron chi connectivity index (χ0n) is 13.8. The molecule has 0 spiro atoms. The summed E-state index contributed by atoms with van der Waals surface area (Å²) < 4.78 is 5.26. The van der Waals surface area contributed by atoms with E-state index in [2.05, 4.69) is 10.5 Å². The van der Waals surface area contributed by atoms with Gasteiger partial charge < -0.3 is 14.9 Å². The van der Waals surface area contributed by atoms with Crippen molar-refractivity contribution in [1.29, 1.82) is 0 Å². The number of nitrogens with one attached hydrogen (secondary N) is 1. The Kier molecular flexibility index (Phi) is 5.03. The van der Waals surface area contributed by atoms with Crippen molar-refractivity contribution in [2.45, 2.75) is 46.6 Å². The molecule has 1 unspecified atom stereocenters. The molecule has 1 aromatic heterocycles. The maximum Gasteiger partial charge on any atom is 0.326 e. The van der Waals surface area contributed by atoms with Crippen LogP contribution in [0, 0.1) is 19.8 Å². The first-order valence-corrected chi connectivity index (χ1v) is 7.65. The van der Waals surface area contributed by atoms with Crippen LogP contribution < -0.4 is 5.32 Å². The molecule has 1 heterocycles. The Morgan fingerprint density at radius 2 is 1.91 bits per heavy atom. The molecular formula is C17H22N2O4. The number of carbonyl (C=O) groups is 2. The number of hydrogen-bond acceptors (Lipinski definition) is 4. The van der Waals surface area contributed by atoms with Gasteiger partial charge in [0.15, 0.2) is 5.58 Å². The predicted molar refractivity (Wildman–Crippen MR) is 86.2 cm³/mol. The fourth-order valence-corrected chi connectivity index (χ4v) is 2.46. The smallest absolute Gasteiger partial charge is 0.326 e. The van der Waals surface area contributed by atoms with Crippen molar-refractivity contribution in [2.75, 3.05) is 0 Å². The second-order valence-corrected chi connectivity index (χ2v) is 6.33. The monoisotopic (exact) mass is 318 g/mol. The molecular weight excluding hydrogens is 296 g/mol. The highest BCUT2D eigenvalue weighted by atomic mass is 16.5. The highest BCUT2D eigenvalue weighted by Gasteiger charge is 2.22. The van der Waals surface area contributed by atoms with E-state index in [4.69, 9.17) is 4.52 Å². The number of nitrogens with zero attached hydrogens (tertiary/aromatic N) is 1. The molecule has 1 amide bonds. The van der Waals surface area contributed by atoms with E-state index >= 15 is 0 Å². The van der Waals surface area contributed by atoms with Crippen LogP contribution in [0.1, 0.15) is 37.1 Å². The van der Waals surface area contributed by atoms with Gasteiger partial charge >= 0.3 is 5.97 Å². The maximum atomic E-state index is 12.1. The summed E-state index contributed by atoms with van der Waals surface area (Å²) in [6, 6.07) is 2.94. The Balaban J connectivity index is 2.14. The van der Waals surface area contributed by atoms with Crippen molar-refractivity contribution in [3.8, 4) is 0 Å². The van der Waals surface area contributed by atoms with Gasteiger partial charge in [0.2, 0.25) is 5.91 Å². The summed E-state index contributed by atoms with van der Waals surface area (Å²) in [6.45, 7) is 7.79. The number of aliphatic carboxylic acids is 1. The van der Waals surface area contributed by atoms with E-state index in [1.165, 1.54) is 0 Å². The Morgan fingerprint density at radius 3 is 2.52 bits per heavy atom. The van der Waals surface area contributed by atoms with Gasteiger partial charge in [-0.15, -0.1) is 0 Å². The second kappa shape index (κ2) is 6.81. The van der Waals surface area contributed by atoms with Crippen LogP contribution in [0.25, 0.3) is 11.0 Å². The average Bonchev–Trinajstić information content (AvgIpc) is 2.80. The van der Waals surface area contributed by atoms with Crippen LogP contribution in [0.3, 0.4) is 0 Å². The Hall–Kier alpha value is -2.37. The molecule has 0 aliphatic heterocycles. The molecule has 0 saturated heterocycles. The number of carboxylic acid groups (broad SMARTS) is 1. The van der Waals surface area contributed by atoms with Crippen molar-refractivity contribution in [3.05, 3.63) is 29.0 Å². The minimum Gasteiger partial charge on any atom is -0.480 e. The lowest BCUT2D eigenvalue weighted by atomic mass is 10.0. The van der Waals surface area contributed by atoms with E-state index in [-0.39, 0.29) is 18.2 Å². The van der Waals surface area contributed by atoms with Gasteiger partial charge in [-0.2, -0.15) is 0 Å². The fraction of sp³-hybridized carbons (Fsp3) is 0.471. The molecule has 6 heteroatoms. The van der Waals surface area contributed by atoms with Crippen molar-refractivity contribution < 1.29 is 19.2 Å². The van der Waals surface area contributed by atoms with E-state index in [0.29, 0.717) is 17.7 Å². The first-order valence-electron chi connectivity index (χ1n) is 7.65. The van der Waals surface area contributed by atoms with Crippen molar-refractivity contribution >= 4 is 22.8 Å². The molecule has 1 atom stereocenters. The largest absolute Gasteiger partial charge is 0.480 e. The lowest BCUT2D eigenvalue weighted by Gasteiger charge is -2.16. The third kappa shape index (κ3) is 4.09. The summed E-state index contributed by atoms with van der Waals surface area (Å²) in [5.74, 6) is -1.22. The van der Waals surface area contributed by atoms with Crippen LogP contribution in [0.5, 0.6) is 0 Å². The van der Waals surface area contributed by atoms with Crippen molar-refractivity contribution in [1.82, 2.24) is 10.5 Å². The summed E-state index contributed by atoms with van der Waals surface area (Å²) in [5, 5.41) is 16.5. The molecule has 2 rings (SSSR count). The molecule has 2 aromatic rings. The summed E-state index contributed by atoms with van der Waals surface area (Å²) >= 11 is 0. The maximum absolute atomic E-state index is 12.1. The minimum absolute atomic E-state index is 0.00260. The predicted octanol–water partition coefficient (Wildman–Crippen LogP) is 2.60. The van der Waals surface area contributed by atoms with Crippen LogP contribution >= 0.6 is 0 Å². The molecule has 0 fully saturated rings. The van der Waals surface area contributed by atoms with E-state index in [9.17, 15) is 14.7 Å². The van der Waals surface area contributed by atoms with Gasteiger partial charge in [-0.1, -0.05) is 19.0 Å². The third-order valence-electron chi connectivity index (χ3n) is 3.83. The van der Waals surface area contributed by atoms with Gasteiger partial charge in [-0.3, -0.25) is 4.79 Å². The Labute approximate surface area is 134 Å². The van der Waals surface area contributed by atoms with Gasteiger partial charge in [-0.25, -0.2) is 4.79 Å². The first kappa shape index (κ1) is 17.0. The lowest BCUT2D eigenvalue weighted by Crippen LogP contribution is -2.42. The molecule has 0 bridgehead atoms. The molecule has 0 aliphatic rings. The van der Waals surface area contributed by atoms with E-state index in [1.54, 1.807) is 0 Å². The minimum atomic E-state index is -1.02. The molecule has 2 N–H and O–H groups in total. The summed E-state index contributed by atoms with van der Waals surface area (Å²) in [4.78, 5) is 23.4. The second-order valence-electron chi connectivity index (χ2n) is 6.33. The summed E-state index contributed by atoms with van der Waals surface area (Å²) in [7, 11) is 0. The third-order valence-corrected chi connectivity index (χ3v) is 3.83. The van der Waals surface area contributed by atoms with Gasteiger partial charge in [-0.05, 0) is 49.4 Å². The quantitative estimate of drug-likeness (QED) is 0.854. The SMILES string of the molecule is Cc1cc2onc(CC(=O)NC(CC(C)C)C(=O)O)c2cc1C. The standard InChI is InChI=1S/C17H22N2O4/c1-9(2)5-14(17(21)22)18-16(20)8-13-12-6-10(3)11(4)7-15(12)23-19-13/h6-7,9,14H,5,8H2,1-4H3,(H,18,20)(H,21,22). The molecule has 124 valence electrons. The Morgan fingerprint density at radius 1 is 1.26 bits per heavy atom. The van der Waals surface area contributed by atoms with Crippen LogP contribution in [0.4, 0.5) is 0 Å². The fourth-order valence-electron chi connectivity index (χ4n) is 2.46. The van der Waals surface area contributed by atoms with Crippen LogP contribution in [-0.2, 0) is 16.0 Å². The number of carbonyl (C=O) groups excluding carboxylic acids is 1. The van der Waals surface area contributed by atoms with Crippen LogP contribution in [0.2, 0.25) is 0 Å². The van der Waals surface area contributed by atoms with E-state index in [0.717, 1.165) is 16.5 Å². The number of aryl methyl sites for hydroxylation is 2. The van der Waals surface area contributed by atoms with Crippen molar-refractivity contribution in [2.24, 2.45) is 5.92 Å². The average molecular weight is 318 g/mol. The summed E-state index contributed by atoms with van der Waals surface area (Å²) in [5.41, 5.74) is 3.33. The van der Waals surface area contributed by atoms with Gasteiger partial charge in [0.25, 0.3) is 0 Å². The Bertz CT molecular complexity index is 734. The van der Waals surface area contributed by atoms with Gasteiger partial charge in [0.1, 0.15) is 11.7 Å². The highest BCUT2D eigenvalue weighted by Crippen LogP contribution is 2.23. The molecule has 1 aromatic carbocycles. The number of fused-ring (bicyclic) bond motifs is 1. The highest BCUT2D eigenvalue weighted by molar-refractivity contribution is 5.89. The number of benzene rings is 1. The lowest BCUT2D eigenvalue weighted by molar-refractivity contribution is -0.142. The zero-order chi connectivity index (χ0) is 17.1.